The van der Waals surface area contributed by atoms with E-state index < -0.39 is 0 Å². The van der Waals surface area contributed by atoms with Gasteiger partial charge in [-0.3, -0.25) is 0 Å². The van der Waals surface area contributed by atoms with Crippen molar-refractivity contribution in [3.63, 3.8) is 0 Å². The minimum absolute atomic E-state index is 0.992. The fraction of sp³-hybridized carbons (Fsp3) is 0.556. The summed E-state index contributed by atoms with van der Waals surface area (Å²) in [5.74, 6) is 0. The van der Waals surface area contributed by atoms with Gasteiger partial charge in [-0.15, -0.1) is 0 Å². The molecule has 1 aromatic heterocycles. The number of nitrogens with zero attached hydrogens (tertiary/aromatic N) is 2. The lowest BCUT2D eigenvalue weighted by Gasteiger charge is -2.03. The van der Waals surface area contributed by atoms with E-state index in [2.05, 4.69) is 21.6 Å². The van der Waals surface area contributed by atoms with Crippen LogP contribution in [-0.4, -0.2) is 23.8 Å². The van der Waals surface area contributed by atoms with Crippen LogP contribution >= 0.6 is 0 Å². The molecule has 0 aliphatic rings. The van der Waals surface area contributed by atoms with Crippen LogP contribution < -0.4 is 5.32 Å². The smallest absolute Gasteiger partial charge is 0.0632 e. The van der Waals surface area contributed by atoms with Crippen molar-refractivity contribution < 1.29 is 0 Å². The normalized spacial score (nSPS) is 10.2. The minimum Gasteiger partial charge on any atom is -0.319 e. The molecule has 0 radical (unpaired) electrons. The van der Waals surface area contributed by atoms with Crippen LogP contribution in [0.4, 0.5) is 0 Å². The summed E-state index contributed by atoms with van der Waals surface area (Å²) in [5.41, 5.74) is 3.32. The first-order valence-electron chi connectivity index (χ1n) is 4.18. The molecule has 0 aliphatic carbocycles. The number of likely N-dealkylation sites (N-methyl/N-ethyl adjacent to an activating group) is 1. The topological polar surface area (TPSA) is 37.8 Å². The Bertz CT molecular complexity index is 258. The highest BCUT2D eigenvalue weighted by atomic mass is 15.1. The Morgan fingerprint density at radius 2 is 2.08 bits per heavy atom. The average Bonchev–Trinajstić information content (AvgIpc) is 2.07. The third kappa shape index (κ3) is 2.27. The molecule has 3 nitrogen and oxygen atoms in total. The van der Waals surface area contributed by atoms with Crippen LogP contribution in [0.25, 0.3) is 0 Å². The standard InChI is InChI=1S/C9H15N3/c1-7-6-9(4-5-10-3)8(2)12-11-7/h6,10H,4-5H2,1-3H3. The molecule has 3 heteroatoms. The van der Waals surface area contributed by atoms with Crippen molar-refractivity contribution in [2.75, 3.05) is 13.6 Å². The van der Waals surface area contributed by atoms with Gasteiger partial charge in [0.2, 0.25) is 0 Å². The van der Waals surface area contributed by atoms with Gasteiger partial charge in [0.25, 0.3) is 0 Å². The summed E-state index contributed by atoms with van der Waals surface area (Å²) >= 11 is 0. The Morgan fingerprint density at radius 1 is 1.33 bits per heavy atom. The fourth-order valence-electron chi connectivity index (χ4n) is 1.12. The van der Waals surface area contributed by atoms with E-state index in [1.165, 1.54) is 5.56 Å². The number of aryl methyl sites for hydroxylation is 2. The first kappa shape index (κ1) is 9.13. The number of hydrogen-bond acceptors (Lipinski definition) is 3. The van der Waals surface area contributed by atoms with Gasteiger partial charge in [0.1, 0.15) is 0 Å². The van der Waals surface area contributed by atoms with Gasteiger partial charge in [0, 0.05) is 0 Å². The second-order valence-corrected chi connectivity index (χ2v) is 2.95. The van der Waals surface area contributed by atoms with Crippen molar-refractivity contribution in [3.8, 4) is 0 Å². The highest BCUT2D eigenvalue weighted by Gasteiger charge is 1.99. The second-order valence-electron chi connectivity index (χ2n) is 2.95. The number of hydrogen-bond donors (Lipinski definition) is 1. The van der Waals surface area contributed by atoms with Crippen molar-refractivity contribution in [3.05, 3.63) is 23.0 Å². The van der Waals surface area contributed by atoms with Crippen LogP contribution in [0.15, 0.2) is 6.07 Å². The van der Waals surface area contributed by atoms with E-state index in [1.54, 1.807) is 0 Å². The predicted octanol–water partition coefficient (Wildman–Crippen LogP) is 0.855. The van der Waals surface area contributed by atoms with Crippen molar-refractivity contribution >= 4 is 0 Å². The van der Waals surface area contributed by atoms with Gasteiger partial charge in [0.15, 0.2) is 0 Å². The van der Waals surface area contributed by atoms with Crippen molar-refractivity contribution in [1.82, 2.24) is 15.5 Å². The zero-order valence-electron chi connectivity index (χ0n) is 7.89. The molecule has 0 saturated heterocycles. The minimum atomic E-state index is 0.992. The Morgan fingerprint density at radius 3 is 2.75 bits per heavy atom. The van der Waals surface area contributed by atoms with Gasteiger partial charge >= 0.3 is 0 Å². The summed E-state index contributed by atoms with van der Waals surface area (Å²) in [6, 6.07) is 2.10. The van der Waals surface area contributed by atoms with E-state index in [-0.39, 0.29) is 0 Å². The Balaban J connectivity index is 2.75. The molecule has 66 valence electrons. The molecule has 12 heavy (non-hydrogen) atoms. The van der Waals surface area contributed by atoms with Crippen LogP contribution in [-0.2, 0) is 6.42 Å². The first-order chi connectivity index (χ1) is 5.74. The number of aromatic nitrogens is 2. The average molecular weight is 165 g/mol. The molecule has 1 heterocycles. The van der Waals surface area contributed by atoms with Gasteiger partial charge < -0.3 is 5.32 Å². The molecule has 1 N–H and O–H groups in total. The summed E-state index contributed by atoms with van der Waals surface area (Å²) in [6.45, 7) is 4.96. The number of nitrogens with one attached hydrogen (secondary N) is 1. The molecule has 0 saturated carbocycles. The lowest BCUT2D eigenvalue weighted by atomic mass is 10.1. The number of rotatable bonds is 3. The Labute approximate surface area is 73.2 Å². The maximum absolute atomic E-state index is 4.05. The maximum atomic E-state index is 4.05. The fourth-order valence-corrected chi connectivity index (χ4v) is 1.12. The quantitative estimate of drug-likeness (QED) is 0.721. The maximum Gasteiger partial charge on any atom is 0.0632 e. The van der Waals surface area contributed by atoms with Gasteiger partial charge in [-0.1, -0.05) is 0 Å². The van der Waals surface area contributed by atoms with Crippen molar-refractivity contribution in [1.29, 1.82) is 0 Å². The second kappa shape index (κ2) is 4.16. The zero-order valence-corrected chi connectivity index (χ0v) is 7.89. The highest BCUT2D eigenvalue weighted by molar-refractivity contribution is 5.19. The molecule has 0 unspecified atom stereocenters. The van der Waals surface area contributed by atoms with E-state index in [4.69, 9.17) is 0 Å². The Kier molecular flexibility index (Phi) is 3.17. The molecule has 0 spiro atoms. The van der Waals surface area contributed by atoms with Crippen molar-refractivity contribution in [2.24, 2.45) is 0 Å². The van der Waals surface area contributed by atoms with Gasteiger partial charge in [0.05, 0.1) is 11.4 Å². The molecule has 0 bridgehead atoms. The van der Waals surface area contributed by atoms with E-state index >= 15 is 0 Å². The van der Waals surface area contributed by atoms with Crippen LogP contribution in [0.5, 0.6) is 0 Å². The molecule has 1 aromatic rings. The molecule has 0 aromatic carbocycles. The Hall–Kier alpha value is -0.960. The molecular formula is C9H15N3. The first-order valence-corrected chi connectivity index (χ1v) is 4.18. The zero-order chi connectivity index (χ0) is 8.97. The summed E-state index contributed by atoms with van der Waals surface area (Å²) in [7, 11) is 1.96. The van der Waals surface area contributed by atoms with Crippen molar-refractivity contribution in [2.45, 2.75) is 20.3 Å². The van der Waals surface area contributed by atoms with E-state index in [9.17, 15) is 0 Å². The van der Waals surface area contributed by atoms with Gasteiger partial charge in [-0.25, -0.2) is 0 Å². The van der Waals surface area contributed by atoms with Gasteiger partial charge in [-0.2, -0.15) is 10.2 Å². The summed E-state index contributed by atoms with van der Waals surface area (Å²) in [6.07, 6.45) is 1.03. The van der Waals surface area contributed by atoms with Gasteiger partial charge in [-0.05, 0) is 45.5 Å². The molecule has 1 rings (SSSR count). The summed E-state index contributed by atoms with van der Waals surface area (Å²) in [5, 5.41) is 11.1. The van der Waals surface area contributed by atoms with Crippen LogP contribution in [0, 0.1) is 13.8 Å². The third-order valence-corrected chi connectivity index (χ3v) is 1.85. The lowest BCUT2D eigenvalue weighted by molar-refractivity contribution is 0.774. The lowest BCUT2D eigenvalue weighted by Crippen LogP contribution is -2.12. The molecule has 0 fully saturated rings. The predicted molar refractivity (Wildman–Crippen MR) is 49.1 cm³/mol. The van der Waals surface area contributed by atoms with Crippen LogP contribution in [0.1, 0.15) is 17.0 Å². The third-order valence-electron chi connectivity index (χ3n) is 1.85. The van der Waals surface area contributed by atoms with Crippen LogP contribution in [0.3, 0.4) is 0 Å². The molecular weight excluding hydrogens is 150 g/mol. The van der Waals surface area contributed by atoms with E-state index in [1.807, 2.05) is 20.9 Å². The molecule has 0 amide bonds. The largest absolute Gasteiger partial charge is 0.319 e. The highest BCUT2D eigenvalue weighted by Crippen LogP contribution is 2.04. The summed E-state index contributed by atoms with van der Waals surface area (Å²) < 4.78 is 0. The van der Waals surface area contributed by atoms with Crippen LogP contribution in [0.2, 0.25) is 0 Å². The molecule has 0 atom stereocenters. The molecule has 0 aliphatic heterocycles. The summed E-state index contributed by atoms with van der Waals surface area (Å²) in [4.78, 5) is 0. The van der Waals surface area contributed by atoms with E-state index in [0.717, 1.165) is 24.4 Å². The van der Waals surface area contributed by atoms with E-state index in [0.29, 0.717) is 0 Å². The SMILES string of the molecule is CNCCc1cc(C)nnc1C. The monoisotopic (exact) mass is 165 g/mol.